The third-order valence-corrected chi connectivity index (χ3v) is 4.86. The number of carbonyl (C=O) groups is 1. The quantitative estimate of drug-likeness (QED) is 0.513. The van der Waals surface area contributed by atoms with E-state index in [9.17, 15) is 4.79 Å². The first-order valence-corrected chi connectivity index (χ1v) is 9.66. The average Bonchev–Trinajstić information content (AvgIpc) is 3.21. The topological polar surface area (TPSA) is 81.0 Å². The fourth-order valence-electron chi connectivity index (χ4n) is 3.27. The first kappa shape index (κ1) is 20.2. The van der Waals surface area contributed by atoms with Gasteiger partial charge in [0.1, 0.15) is 11.5 Å². The Bertz CT molecular complexity index is 1230. The highest BCUT2D eigenvalue weighted by molar-refractivity contribution is 5.97. The lowest BCUT2D eigenvalue weighted by Crippen LogP contribution is -2.22. The summed E-state index contributed by atoms with van der Waals surface area (Å²) >= 11 is 0. The van der Waals surface area contributed by atoms with E-state index in [0.29, 0.717) is 22.9 Å². The van der Waals surface area contributed by atoms with Gasteiger partial charge in [-0.05, 0) is 42.0 Å². The largest absolute Gasteiger partial charge is 0.497 e. The molecule has 0 atom stereocenters. The molecule has 0 saturated carbocycles. The molecule has 31 heavy (non-hydrogen) atoms. The number of pyridine rings is 1. The summed E-state index contributed by atoms with van der Waals surface area (Å²) in [6, 6.07) is 17.0. The van der Waals surface area contributed by atoms with Crippen LogP contribution in [-0.4, -0.2) is 53.7 Å². The van der Waals surface area contributed by atoms with Crippen LogP contribution in [-0.2, 0) is 0 Å². The summed E-state index contributed by atoms with van der Waals surface area (Å²) in [7, 11) is 6.59. The van der Waals surface area contributed by atoms with Gasteiger partial charge in [0, 0.05) is 37.6 Å². The number of nitrogens with zero attached hydrogens (tertiary/aromatic N) is 4. The highest BCUT2D eigenvalue weighted by atomic mass is 16.5. The van der Waals surface area contributed by atoms with E-state index in [0.717, 1.165) is 22.5 Å². The van der Waals surface area contributed by atoms with Crippen molar-refractivity contribution < 1.29 is 14.3 Å². The van der Waals surface area contributed by atoms with Gasteiger partial charge in [0.2, 0.25) is 5.95 Å². The van der Waals surface area contributed by atoms with Crippen LogP contribution in [0.3, 0.4) is 0 Å². The number of hydrogen-bond acceptors (Lipinski definition) is 6. The van der Waals surface area contributed by atoms with Crippen molar-refractivity contribution in [3.05, 3.63) is 66.4 Å². The first-order valence-electron chi connectivity index (χ1n) is 9.66. The number of hydrogen-bond donors (Lipinski definition) is 1. The van der Waals surface area contributed by atoms with Crippen LogP contribution in [0.4, 0.5) is 11.6 Å². The highest BCUT2D eigenvalue weighted by Gasteiger charge is 2.16. The molecule has 158 valence electrons. The number of benzene rings is 2. The minimum atomic E-state index is -0.126. The minimum Gasteiger partial charge on any atom is -0.497 e. The Kier molecular flexibility index (Phi) is 5.44. The Labute approximate surface area is 180 Å². The second-order valence-corrected chi connectivity index (χ2v) is 7.09. The van der Waals surface area contributed by atoms with Gasteiger partial charge < -0.3 is 19.7 Å². The van der Waals surface area contributed by atoms with Crippen LogP contribution in [0, 0.1) is 0 Å². The van der Waals surface area contributed by atoms with Gasteiger partial charge in [-0.25, -0.2) is 4.52 Å². The summed E-state index contributed by atoms with van der Waals surface area (Å²) in [5.41, 5.74) is 3.90. The summed E-state index contributed by atoms with van der Waals surface area (Å²) in [6.07, 6.45) is 1.85. The molecule has 0 fully saturated rings. The summed E-state index contributed by atoms with van der Waals surface area (Å²) in [5.74, 6) is 1.59. The lowest BCUT2D eigenvalue weighted by atomic mass is 10.1. The van der Waals surface area contributed by atoms with E-state index >= 15 is 0 Å². The number of carbonyl (C=O) groups excluding carboxylic acids is 1. The molecule has 2 aromatic carbocycles. The predicted octanol–water partition coefficient (Wildman–Crippen LogP) is 3.86. The summed E-state index contributed by atoms with van der Waals surface area (Å²) < 4.78 is 12.4. The van der Waals surface area contributed by atoms with E-state index in [1.807, 2.05) is 42.6 Å². The molecule has 0 aliphatic heterocycles. The SMILES string of the molecule is COc1ccc(-c2cccn3nc(Nc4ccc(C(=O)N(C)C)c(OC)c4)nc23)cc1. The number of fused-ring (bicyclic) bond motifs is 1. The Morgan fingerprint density at radius 3 is 2.48 bits per heavy atom. The fraction of sp³-hybridized carbons (Fsp3) is 0.174. The zero-order valence-corrected chi connectivity index (χ0v) is 17.8. The van der Waals surface area contributed by atoms with E-state index in [2.05, 4.69) is 15.4 Å². The lowest BCUT2D eigenvalue weighted by molar-refractivity contribution is 0.0824. The molecule has 4 aromatic rings. The zero-order valence-electron chi connectivity index (χ0n) is 17.8. The van der Waals surface area contributed by atoms with Gasteiger partial charge in [-0.15, -0.1) is 5.10 Å². The molecule has 8 nitrogen and oxygen atoms in total. The molecule has 1 amide bonds. The number of nitrogens with one attached hydrogen (secondary N) is 1. The van der Waals surface area contributed by atoms with Crippen molar-refractivity contribution >= 4 is 23.2 Å². The number of amides is 1. The van der Waals surface area contributed by atoms with Crippen molar-refractivity contribution in [2.75, 3.05) is 33.6 Å². The molecular weight excluding hydrogens is 394 g/mol. The van der Waals surface area contributed by atoms with Crippen LogP contribution in [0.2, 0.25) is 0 Å². The maximum Gasteiger partial charge on any atom is 0.257 e. The molecule has 0 bridgehead atoms. The molecule has 0 saturated heterocycles. The van der Waals surface area contributed by atoms with Crippen molar-refractivity contribution in [3.8, 4) is 22.6 Å². The second kappa shape index (κ2) is 8.35. The molecule has 0 radical (unpaired) electrons. The van der Waals surface area contributed by atoms with Gasteiger partial charge >= 0.3 is 0 Å². The lowest BCUT2D eigenvalue weighted by Gasteiger charge is -2.14. The van der Waals surface area contributed by atoms with E-state index in [4.69, 9.17) is 9.47 Å². The van der Waals surface area contributed by atoms with Crippen molar-refractivity contribution in [2.24, 2.45) is 0 Å². The number of ether oxygens (including phenoxy) is 2. The molecule has 0 aliphatic carbocycles. The summed E-state index contributed by atoms with van der Waals surface area (Å²) in [4.78, 5) is 18.5. The third-order valence-electron chi connectivity index (χ3n) is 4.86. The van der Waals surface area contributed by atoms with Crippen LogP contribution in [0.5, 0.6) is 11.5 Å². The molecule has 4 rings (SSSR count). The molecule has 8 heteroatoms. The Morgan fingerprint density at radius 2 is 1.81 bits per heavy atom. The Morgan fingerprint density at radius 1 is 1.03 bits per heavy atom. The monoisotopic (exact) mass is 417 g/mol. The number of rotatable bonds is 6. The Balaban J connectivity index is 1.66. The predicted molar refractivity (Wildman–Crippen MR) is 119 cm³/mol. The maximum atomic E-state index is 12.3. The number of methoxy groups -OCH3 is 2. The maximum absolute atomic E-state index is 12.3. The molecular formula is C23H23N5O3. The zero-order chi connectivity index (χ0) is 22.0. The molecule has 2 aromatic heterocycles. The van der Waals surface area contributed by atoms with Crippen molar-refractivity contribution in [1.82, 2.24) is 19.5 Å². The van der Waals surface area contributed by atoms with Crippen molar-refractivity contribution in [3.63, 3.8) is 0 Å². The third kappa shape index (κ3) is 4.00. The van der Waals surface area contributed by atoms with Gasteiger partial charge in [0.15, 0.2) is 5.65 Å². The standard InChI is InChI=1S/C23H23N5O3/c1-27(2)22(29)19-12-9-16(14-20(19)31-4)24-23-25-21-18(6-5-13-28(21)26-23)15-7-10-17(30-3)11-8-15/h5-14H,1-4H3,(H,24,26). The van der Waals surface area contributed by atoms with Crippen LogP contribution in [0.25, 0.3) is 16.8 Å². The first-order chi connectivity index (χ1) is 15.0. The minimum absolute atomic E-state index is 0.126. The van der Waals surface area contributed by atoms with Crippen LogP contribution >= 0.6 is 0 Å². The number of anilines is 2. The van der Waals surface area contributed by atoms with Gasteiger partial charge in [0.05, 0.1) is 19.8 Å². The van der Waals surface area contributed by atoms with E-state index < -0.39 is 0 Å². The van der Waals surface area contributed by atoms with Gasteiger partial charge in [0.25, 0.3) is 5.91 Å². The van der Waals surface area contributed by atoms with Crippen molar-refractivity contribution in [2.45, 2.75) is 0 Å². The van der Waals surface area contributed by atoms with Gasteiger partial charge in [-0.1, -0.05) is 12.1 Å². The molecule has 0 aliphatic rings. The average molecular weight is 417 g/mol. The Hall–Kier alpha value is -4.07. The summed E-state index contributed by atoms with van der Waals surface area (Å²) in [6.45, 7) is 0. The smallest absolute Gasteiger partial charge is 0.257 e. The molecule has 2 heterocycles. The molecule has 0 unspecified atom stereocenters. The van der Waals surface area contributed by atoms with E-state index in [1.165, 1.54) is 12.0 Å². The fourth-order valence-corrected chi connectivity index (χ4v) is 3.27. The summed E-state index contributed by atoms with van der Waals surface area (Å²) in [5, 5.41) is 7.72. The number of aromatic nitrogens is 3. The van der Waals surface area contributed by atoms with Crippen LogP contribution in [0.15, 0.2) is 60.8 Å². The van der Waals surface area contributed by atoms with E-state index in [-0.39, 0.29) is 5.91 Å². The van der Waals surface area contributed by atoms with Crippen LogP contribution in [0.1, 0.15) is 10.4 Å². The highest BCUT2D eigenvalue weighted by Crippen LogP contribution is 2.28. The van der Waals surface area contributed by atoms with Crippen LogP contribution < -0.4 is 14.8 Å². The second-order valence-electron chi connectivity index (χ2n) is 7.09. The van der Waals surface area contributed by atoms with Gasteiger partial charge in [-0.3, -0.25) is 4.79 Å². The van der Waals surface area contributed by atoms with Gasteiger partial charge in [-0.2, -0.15) is 4.98 Å². The normalized spacial score (nSPS) is 10.7. The molecule has 0 spiro atoms. The molecule has 1 N–H and O–H groups in total. The van der Waals surface area contributed by atoms with E-state index in [1.54, 1.807) is 43.9 Å². The van der Waals surface area contributed by atoms with Crippen molar-refractivity contribution in [1.29, 1.82) is 0 Å².